The van der Waals surface area contributed by atoms with Gasteiger partial charge in [0, 0.05) is 11.3 Å². The molecule has 5 nitrogen and oxygen atoms in total. The second-order valence-electron chi connectivity index (χ2n) is 5.86. The van der Waals surface area contributed by atoms with Gasteiger partial charge in [0.25, 0.3) is 11.7 Å². The number of nitrogens with one attached hydrogen (secondary N) is 1. The quantitative estimate of drug-likeness (QED) is 0.443. The lowest BCUT2D eigenvalue weighted by Gasteiger charge is -2.04. The lowest BCUT2D eigenvalue weighted by Crippen LogP contribution is -2.10. The van der Waals surface area contributed by atoms with Crippen LogP contribution in [0.4, 0.5) is 14.5 Å². The van der Waals surface area contributed by atoms with Crippen molar-refractivity contribution in [1.29, 1.82) is 0 Å². The first-order valence-electron chi connectivity index (χ1n) is 8.34. The fraction of sp³-hybridized carbons (Fsp3) is 0.100. The fourth-order valence-electron chi connectivity index (χ4n) is 2.61. The summed E-state index contributed by atoms with van der Waals surface area (Å²) in [4.78, 5) is 16.7. The molecule has 28 heavy (non-hydrogen) atoms. The highest BCUT2D eigenvalue weighted by Gasteiger charge is 2.14. The molecule has 0 aliphatic carbocycles. The molecule has 8 heteroatoms. The number of para-hydroxylation sites is 2. The van der Waals surface area contributed by atoms with Gasteiger partial charge < -0.3 is 14.2 Å². The standard InChI is InChI=1S/C20H14F2N2O3S/c21-20(22)28-11-14-9-10-17(26-14)18(25)23-13-7-5-12(6-8-13)19-24-15-3-1-2-4-16(15)27-19/h1-10,20H,11H2,(H,23,25). The lowest BCUT2D eigenvalue weighted by atomic mass is 10.2. The Kier molecular flexibility index (Phi) is 5.12. The van der Waals surface area contributed by atoms with Crippen molar-refractivity contribution in [2.45, 2.75) is 11.5 Å². The Morgan fingerprint density at radius 1 is 1.04 bits per heavy atom. The van der Waals surface area contributed by atoms with Gasteiger partial charge in [0.1, 0.15) is 11.3 Å². The van der Waals surface area contributed by atoms with Gasteiger partial charge in [-0.3, -0.25) is 4.79 Å². The second kappa shape index (κ2) is 7.85. The number of carbonyl (C=O) groups excluding carboxylic acids is 1. The molecular formula is C20H14F2N2O3S. The maximum absolute atomic E-state index is 12.2. The molecule has 1 amide bonds. The van der Waals surface area contributed by atoms with Gasteiger partial charge in [-0.1, -0.05) is 23.9 Å². The topological polar surface area (TPSA) is 68.3 Å². The Morgan fingerprint density at radius 3 is 2.57 bits per heavy atom. The number of rotatable bonds is 6. The predicted octanol–water partition coefficient (Wildman–Crippen LogP) is 5.80. The van der Waals surface area contributed by atoms with Crippen LogP contribution in [0.15, 0.2) is 69.5 Å². The summed E-state index contributed by atoms with van der Waals surface area (Å²) in [5, 5.41) is 2.70. The van der Waals surface area contributed by atoms with Gasteiger partial charge in [-0.25, -0.2) is 4.98 Å². The van der Waals surface area contributed by atoms with Crippen LogP contribution in [0.1, 0.15) is 16.3 Å². The molecule has 0 bridgehead atoms. The SMILES string of the molecule is O=C(Nc1ccc(-c2nc3ccccc3o2)cc1)c1ccc(CSC(F)F)o1. The van der Waals surface area contributed by atoms with Gasteiger partial charge in [-0.2, -0.15) is 8.78 Å². The fourth-order valence-corrected chi connectivity index (χ4v) is 3.05. The molecule has 0 saturated heterocycles. The third kappa shape index (κ3) is 4.07. The van der Waals surface area contributed by atoms with Crippen molar-refractivity contribution >= 4 is 34.5 Å². The van der Waals surface area contributed by atoms with Gasteiger partial charge in [-0.15, -0.1) is 0 Å². The van der Waals surface area contributed by atoms with E-state index >= 15 is 0 Å². The molecule has 2 heterocycles. The van der Waals surface area contributed by atoms with Crippen LogP contribution in [0.25, 0.3) is 22.6 Å². The number of anilines is 1. The average Bonchev–Trinajstić information content (AvgIpc) is 3.34. The Labute approximate surface area is 162 Å². The third-order valence-corrected chi connectivity index (χ3v) is 4.62. The van der Waals surface area contributed by atoms with Gasteiger partial charge in [0.15, 0.2) is 11.3 Å². The Hall–Kier alpha value is -3.13. The van der Waals surface area contributed by atoms with Crippen molar-refractivity contribution in [3.8, 4) is 11.5 Å². The number of hydrogen-bond acceptors (Lipinski definition) is 5. The van der Waals surface area contributed by atoms with E-state index in [2.05, 4.69) is 10.3 Å². The number of alkyl halides is 2. The number of carbonyl (C=O) groups is 1. The normalized spacial score (nSPS) is 11.2. The highest BCUT2D eigenvalue weighted by molar-refractivity contribution is 7.98. The highest BCUT2D eigenvalue weighted by atomic mass is 32.2. The first-order valence-corrected chi connectivity index (χ1v) is 9.39. The maximum atomic E-state index is 12.2. The van der Waals surface area contributed by atoms with E-state index in [1.165, 1.54) is 12.1 Å². The molecule has 0 atom stereocenters. The summed E-state index contributed by atoms with van der Waals surface area (Å²) >= 11 is 0.441. The van der Waals surface area contributed by atoms with Crippen LogP contribution < -0.4 is 5.32 Å². The smallest absolute Gasteiger partial charge is 0.291 e. The molecule has 4 rings (SSSR count). The van der Waals surface area contributed by atoms with E-state index in [0.29, 0.717) is 34.7 Å². The molecule has 2 aromatic carbocycles. The lowest BCUT2D eigenvalue weighted by molar-refractivity contribution is 0.0995. The molecule has 0 saturated carbocycles. The summed E-state index contributed by atoms with van der Waals surface area (Å²) in [6.45, 7) is 0. The summed E-state index contributed by atoms with van der Waals surface area (Å²) in [5.74, 6) is -2.06. The van der Waals surface area contributed by atoms with E-state index in [0.717, 1.165) is 11.1 Å². The summed E-state index contributed by atoms with van der Waals surface area (Å²) in [6, 6.07) is 17.5. The van der Waals surface area contributed by atoms with Crippen LogP contribution in [-0.2, 0) is 5.75 Å². The summed E-state index contributed by atoms with van der Waals surface area (Å²) in [7, 11) is 0. The van der Waals surface area contributed by atoms with Crippen LogP contribution in [0.5, 0.6) is 0 Å². The first kappa shape index (κ1) is 18.2. The molecule has 0 radical (unpaired) electrons. The molecule has 0 aliphatic rings. The largest absolute Gasteiger partial charge is 0.455 e. The van der Waals surface area contributed by atoms with E-state index in [1.54, 1.807) is 24.3 Å². The van der Waals surface area contributed by atoms with Gasteiger partial charge in [0.2, 0.25) is 5.89 Å². The Balaban J connectivity index is 1.43. The van der Waals surface area contributed by atoms with Crippen LogP contribution >= 0.6 is 11.8 Å². The monoisotopic (exact) mass is 400 g/mol. The molecular weight excluding hydrogens is 386 g/mol. The zero-order valence-corrected chi connectivity index (χ0v) is 15.2. The van der Waals surface area contributed by atoms with Crippen molar-refractivity contribution in [3.05, 3.63) is 72.2 Å². The average molecular weight is 400 g/mol. The van der Waals surface area contributed by atoms with Gasteiger partial charge >= 0.3 is 0 Å². The number of benzene rings is 2. The number of amides is 1. The van der Waals surface area contributed by atoms with Crippen LogP contribution in [0, 0.1) is 0 Å². The molecule has 0 unspecified atom stereocenters. The number of thioether (sulfide) groups is 1. The summed E-state index contributed by atoms with van der Waals surface area (Å²) in [5.41, 5.74) is 2.81. The molecule has 0 fully saturated rings. The van der Waals surface area contributed by atoms with E-state index in [4.69, 9.17) is 8.83 Å². The minimum Gasteiger partial charge on any atom is -0.455 e. The summed E-state index contributed by atoms with van der Waals surface area (Å²) < 4.78 is 35.5. The van der Waals surface area contributed by atoms with Crippen LogP contribution in [-0.4, -0.2) is 16.6 Å². The van der Waals surface area contributed by atoms with Crippen LogP contribution in [0.3, 0.4) is 0 Å². The predicted molar refractivity (Wildman–Crippen MR) is 103 cm³/mol. The molecule has 4 aromatic rings. The summed E-state index contributed by atoms with van der Waals surface area (Å²) in [6.07, 6.45) is 0. The number of hydrogen-bond donors (Lipinski definition) is 1. The Morgan fingerprint density at radius 2 is 1.82 bits per heavy atom. The van der Waals surface area contributed by atoms with Crippen molar-refractivity contribution < 1.29 is 22.4 Å². The number of nitrogens with zero attached hydrogens (tertiary/aromatic N) is 1. The highest BCUT2D eigenvalue weighted by Crippen LogP contribution is 2.26. The first-order chi connectivity index (χ1) is 13.6. The van der Waals surface area contributed by atoms with Gasteiger partial charge in [0.05, 0.1) is 5.75 Å². The molecule has 142 valence electrons. The number of oxazole rings is 1. The second-order valence-corrected chi connectivity index (χ2v) is 6.83. The van der Waals surface area contributed by atoms with Crippen molar-refractivity contribution in [2.24, 2.45) is 0 Å². The minimum absolute atomic E-state index is 0.00411. The van der Waals surface area contributed by atoms with Crippen molar-refractivity contribution in [2.75, 3.05) is 5.32 Å². The van der Waals surface area contributed by atoms with E-state index in [1.807, 2.05) is 24.3 Å². The number of furan rings is 1. The minimum atomic E-state index is -2.48. The Bertz CT molecular complexity index is 1070. The number of aromatic nitrogens is 1. The maximum Gasteiger partial charge on any atom is 0.291 e. The zero-order chi connectivity index (χ0) is 19.5. The molecule has 2 aromatic heterocycles. The van der Waals surface area contributed by atoms with Crippen LogP contribution in [0.2, 0.25) is 0 Å². The third-order valence-electron chi connectivity index (χ3n) is 3.92. The van der Waals surface area contributed by atoms with Crippen molar-refractivity contribution in [1.82, 2.24) is 4.98 Å². The van der Waals surface area contributed by atoms with Crippen molar-refractivity contribution in [3.63, 3.8) is 0 Å². The van der Waals surface area contributed by atoms with E-state index < -0.39 is 11.7 Å². The number of fused-ring (bicyclic) bond motifs is 1. The molecule has 0 aliphatic heterocycles. The molecule has 1 N–H and O–H groups in total. The zero-order valence-electron chi connectivity index (χ0n) is 14.4. The van der Waals surface area contributed by atoms with Gasteiger partial charge in [-0.05, 0) is 48.5 Å². The number of halogens is 2. The van der Waals surface area contributed by atoms with E-state index in [-0.39, 0.29) is 11.5 Å². The van der Waals surface area contributed by atoms with E-state index in [9.17, 15) is 13.6 Å². The molecule has 0 spiro atoms.